The second-order valence-electron chi connectivity index (χ2n) is 5.18. The summed E-state index contributed by atoms with van der Waals surface area (Å²) in [4.78, 5) is 18.5. The molecule has 0 aliphatic rings. The lowest BCUT2D eigenvalue weighted by atomic mass is 10.2. The number of hydrogen-bond acceptors (Lipinski definition) is 4. The third kappa shape index (κ3) is 3.32. The number of pyridine rings is 1. The van der Waals surface area contributed by atoms with Gasteiger partial charge in [0.15, 0.2) is 0 Å². The molecule has 118 valence electrons. The van der Waals surface area contributed by atoms with Crippen LogP contribution in [-0.4, -0.2) is 10.9 Å². The number of nitrogens with one attached hydrogen (secondary N) is 1. The Labute approximate surface area is 152 Å². The number of nitrogen functional groups attached to an aromatic ring is 1. The Bertz CT molecular complexity index is 875. The highest BCUT2D eigenvalue weighted by Crippen LogP contribution is 2.33. The number of aryl methyl sites for hydroxylation is 1. The molecule has 0 spiro atoms. The lowest BCUT2D eigenvalue weighted by molar-refractivity contribution is 0.103. The van der Waals surface area contributed by atoms with Crippen molar-refractivity contribution in [1.82, 2.24) is 4.98 Å². The Kier molecular flexibility index (Phi) is 4.82. The number of amides is 1. The maximum atomic E-state index is 12.6. The summed E-state index contributed by atoms with van der Waals surface area (Å²) >= 11 is 3.54. The van der Waals surface area contributed by atoms with E-state index in [-0.39, 0.29) is 5.91 Å². The van der Waals surface area contributed by atoms with Crippen molar-refractivity contribution in [2.45, 2.75) is 19.8 Å². The monoisotopic (exact) mass is 437 g/mol. The maximum absolute atomic E-state index is 12.6. The van der Waals surface area contributed by atoms with Crippen LogP contribution in [0.4, 0.5) is 11.4 Å². The molecule has 3 aromatic rings. The molecule has 1 aromatic carbocycles. The third-order valence-corrected chi connectivity index (χ3v) is 5.54. The van der Waals surface area contributed by atoms with Crippen LogP contribution in [0.1, 0.15) is 28.7 Å². The molecule has 4 nitrogen and oxygen atoms in total. The summed E-state index contributed by atoms with van der Waals surface area (Å²) in [6, 6.07) is 11.6. The van der Waals surface area contributed by atoms with Crippen molar-refractivity contribution in [1.29, 1.82) is 0 Å². The summed E-state index contributed by atoms with van der Waals surface area (Å²) in [6.07, 6.45) is 1.97. The van der Waals surface area contributed by atoms with E-state index >= 15 is 0 Å². The molecule has 0 radical (unpaired) electrons. The van der Waals surface area contributed by atoms with Crippen molar-refractivity contribution in [2.24, 2.45) is 0 Å². The first-order valence-corrected chi connectivity index (χ1v) is 9.23. The fourth-order valence-corrected chi connectivity index (χ4v) is 3.87. The zero-order chi connectivity index (χ0) is 16.4. The summed E-state index contributed by atoms with van der Waals surface area (Å²) in [5.74, 6) is -0.188. The number of nitrogens with two attached hydrogens (primary N) is 1. The average Bonchev–Trinajstić information content (AvgIpc) is 2.86. The predicted molar refractivity (Wildman–Crippen MR) is 105 cm³/mol. The first-order valence-electron chi connectivity index (χ1n) is 7.34. The highest BCUT2D eigenvalue weighted by Gasteiger charge is 2.18. The summed E-state index contributed by atoms with van der Waals surface area (Å²) in [5.41, 5.74) is 8.49. The quantitative estimate of drug-likeness (QED) is 0.582. The van der Waals surface area contributed by atoms with Crippen molar-refractivity contribution in [3.8, 4) is 0 Å². The fourth-order valence-electron chi connectivity index (χ4n) is 2.34. The predicted octanol–water partition coefficient (Wildman–Crippen LogP) is 4.69. The molecule has 0 unspecified atom stereocenters. The Morgan fingerprint density at radius 2 is 2.09 bits per heavy atom. The number of carbonyl (C=O) groups is 1. The number of benzene rings is 1. The van der Waals surface area contributed by atoms with Crippen molar-refractivity contribution in [3.05, 3.63) is 50.5 Å². The number of thiophene rings is 1. The van der Waals surface area contributed by atoms with E-state index < -0.39 is 0 Å². The van der Waals surface area contributed by atoms with Crippen molar-refractivity contribution in [3.63, 3.8) is 0 Å². The first kappa shape index (κ1) is 16.2. The van der Waals surface area contributed by atoms with Gasteiger partial charge in [0.05, 0.1) is 11.4 Å². The molecule has 3 N–H and O–H groups in total. The van der Waals surface area contributed by atoms with Gasteiger partial charge in [0.2, 0.25) is 0 Å². The molecular formula is C17H16IN3OS. The molecule has 0 fully saturated rings. The van der Waals surface area contributed by atoms with Gasteiger partial charge in [-0.3, -0.25) is 4.79 Å². The molecule has 0 saturated carbocycles. The van der Waals surface area contributed by atoms with Gasteiger partial charge in [-0.2, -0.15) is 0 Å². The van der Waals surface area contributed by atoms with Crippen LogP contribution in [0.25, 0.3) is 10.2 Å². The van der Waals surface area contributed by atoms with Crippen molar-refractivity contribution in [2.75, 3.05) is 11.1 Å². The lowest BCUT2D eigenvalue weighted by Gasteiger charge is -2.06. The fraction of sp³-hybridized carbons (Fsp3) is 0.176. The van der Waals surface area contributed by atoms with Gasteiger partial charge in [-0.1, -0.05) is 25.5 Å². The molecule has 6 heteroatoms. The van der Waals surface area contributed by atoms with E-state index in [1.165, 1.54) is 11.3 Å². The largest absolute Gasteiger partial charge is 0.397 e. The van der Waals surface area contributed by atoms with Gasteiger partial charge in [-0.25, -0.2) is 4.98 Å². The van der Waals surface area contributed by atoms with Gasteiger partial charge >= 0.3 is 0 Å². The number of hydrogen-bond donors (Lipinski definition) is 2. The van der Waals surface area contributed by atoms with Crippen LogP contribution in [-0.2, 0) is 6.42 Å². The molecule has 0 aliphatic carbocycles. The van der Waals surface area contributed by atoms with E-state index in [2.05, 4.69) is 39.8 Å². The molecule has 3 rings (SSSR count). The Morgan fingerprint density at radius 3 is 2.83 bits per heavy atom. The summed E-state index contributed by atoms with van der Waals surface area (Å²) in [5, 5.41) is 3.77. The molecule has 23 heavy (non-hydrogen) atoms. The number of aromatic nitrogens is 1. The number of nitrogens with zero attached hydrogens (tertiary/aromatic N) is 1. The van der Waals surface area contributed by atoms with E-state index in [4.69, 9.17) is 5.73 Å². The Balaban J connectivity index is 1.94. The van der Waals surface area contributed by atoms with Gasteiger partial charge in [-0.05, 0) is 53.3 Å². The molecule has 0 bridgehead atoms. The normalized spacial score (nSPS) is 10.9. The van der Waals surface area contributed by atoms with Crippen LogP contribution >= 0.6 is 33.9 Å². The van der Waals surface area contributed by atoms with Crippen LogP contribution in [0.5, 0.6) is 0 Å². The molecular weight excluding hydrogens is 421 g/mol. The lowest BCUT2D eigenvalue weighted by Crippen LogP contribution is -2.12. The molecule has 2 aromatic heterocycles. The minimum atomic E-state index is -0.188. The minimum absolute atomic E-state index is 0.188. The van der Waals surface area contributed by atoms with E-state index in [9.17, 15) is 4.79 Å². The number of fused-ring (bicyclic) bond motifs is 1. The molecule has 0 saturated heterocycles. The summed E-state index contributed by atoms with van der Waals surface area (Å²) in [6.45, 7) is 2.12. The second kappa shape index (κ2) is 6.84. The van der Waals surface area contributed by atoms with Crippen molar-refractivity contribution < 1.29 is 4.79 Å². The molecule has 0 aliphatic heterocycles. The van der Waals surface area contributed by atoms with Gasteiger partial charge < -0.3 is 11.1 Å². The van der Waals surface area contributed by atoms with Crippen LogP contribution in [0.2, 0.25) is 0 Å². The number of anilines is 2. The highest BCUT2D eigenvalue weighted by atomic mass is 127. The highest BCUT2D eigenvalue weighted by molar-refractivity contribution is 14.1. The number of halogens is 1. The van der Waals surface area contributed by atoms with Gasteiger partial charge in [0.25, 0.3) is 5.91 Å². The van der Waals surface area contributed by atoms with E-state index in [0.717, 1.165) is 38.0 Å². The topological polar surface area (TPSA) is 68.0 Å². The second-order valence-corrected chi connectivity index (χ2v) is 7.35. The van der Waals surface area contributed by atoms with E-state index in [1.807, 2.05) is 36.4 Å². The maximum Gasteiger partial charge on any atom is 0.267 e. The summed E-state index contributed by atoms with van der Waals surface area (Å²) in [7, 11) is 0. The Morgan fingerprint density at radius 1 is 1.30 bits per heavy atom. The minimum Gasteiger partial charge on any atom is -0.397 e. The standard InChI is InChI=1S/C17H16IN3OS/c1-2-5-10-8-9-11-14(19)15(23-17(11)20-10)16(22)21-13-7-4-3-6-12(13)18/h3-4,6-9H,2,5,19H2,1H3,(H,21,22). The van der Waals surface area contributed by atoms with Crippen LogP contribution in [0.15, 0.2) is 36.4 Å². The van der Waals surface area contributed by atoms with Crippen LogP contribution in [0.3, 0.4) is 0 Å². The van der Waals surface area contributed by atoms with E-state index in [1.54, 1.807) is 0 Å². The third-order valence-electron chi connectivity index (χ3n) is 3.49. The number of para-hydroxylation sites is 1. The molecule has 0 atom stereocenters. The number of rotatable bonds is 4. The molecule has 1 amide bonds. The van der Waals surface area contributed by atoms with Gasteiger partial charge in [0.1, 0.15) is 9.71 Å². The van der Waals surface area contributed by atoms with Gasteiger partial charge in [-0.15, -0.1) is 11.3 Å². The first-order chi connectivity index (χ1) is 11.1. The van der Waals surface area contributed by atoms with E-state index in [0.29, 0.717) is 10.6 Å². The van der Waals surface area contributed by atoms with Gasteiger partial charge in [0, 0.05) is 14.7 Å². The summed E-state index contributed by atoms with van der Waals surface area (Å²) < 4.78 is 0.987. The average molecular weight is 437 g/mol. The van der Waals surface area contributed by atoms with Crippen LogP contribution < -0.4 is 11.1 Å². The number of carbonyl (C=O) groups excluding carboxylic acids is 1. The Hall–Kier alpha value is -1.67. The SMILES string of the molecule is CCCc1ccc2c(N)c(C(=O)Nc3ccccc3I)sc2n1. The molecule has 2 heterocycles. The zero-order valence-corrected chi connectivity index (χ0v) is 15.6. The smallest absolute Gasteiger partial charge is 0.267 e. The van der Waals surface area contributed by atoms with Crippen molar-refractivity contribution >= 4 is 61.4 Å². The zero-order valence-electron chi connectivity index (χ0n) is 12.6. The van der Waals surface area contributed by atoms with Crippen LogP contribution in [0, 0.1) is 3.57 Å².